The minimum absolute atomic E-state index is 0.0605. The van der Waals surface area contributed by atoms with E-state index >= 15 is 0 Å². The Hall–Kier alpha value is -4.23. The number of anilines is 1. The summed E-state index contributed by atoms with van der Waals surface area (Å²) in [6, 6.07) is 15.7. The number of amides is 1. The number of benzene rings is 2. The van der Waals surface area contributed by atoms with E-state index in [1.54, 1.807) is 18.5 Å². The number of nitriles is 1. The lowest BCUT2D eigenvalue weighted by molar-refractivity contribution is -0.141. The minimum atomic E-state index is -4.85. The number of nitrogens with zero attached hydrogens (tertiary/aromatic N) is 4. The number of halogens is 5. The third-order valence-corrected chi connectivity index (χ3v) is 7.46. The van der Waals surface area contributed by atoms with Crippen LogP contribution in [-0.2, 0) is 11.1 Å². The zero-order valence-electron chi connectivity index (χ0n) is 20.9. The quantitative estimate of drug-likeness (QED) is 0.180. The normalized spacial score (nSPS) is 14.8. The van der Waals surface area contributed by atoms with Gasteiger partial charge in [0.25, 0.3) is 5.91 Å². The molecule has 5 rings (SSSR count). The molecule has 0 radical (unpaired) electrons. The van der Waals surface area contributed by atoms with Gasteiger partial charge < -0.3 is 5.32 Å². The molecule has 0 saturated heterocycles. The summed E-state index contributed by atoms with van der Waals surface area (Å²) in [6.07, 6.45) is 2.03. The van der Waals surface area contributed by atoms with Crippen LogP contribution in [0.3, 0.4) is 0 Å². The highest BCUT2D eigenvalue weighted by Crippen LogP contribution is 2.45. The van der Waals surface area contributed by atoms with Gasteiger partial charge in [0.2, 0.25) is 0 Å². The zero-order chi connectivity index (χ0) is 28.5. The molecule has 2 heterocycles. The number of hydrogen-bond donors (Lipinski definition) is 1. The number of pyridine rings is 1. The second kappa shape index (κ2) is 10.7. The first-order valence-electron chi connectivity index (χ1n) is 12.5. The Balaban J connectivity index is 1.52. The van der Waals surface area contributed by atoms with Crippen LogP contribution in [0, 0.1) is 23.1 Å². The third-order valence-electron chi connectivity index (χ3n) is 6.84. The Morgan fingerprint density at radius 1 is 1.10 bits per heavy atom. The summed E-state index contributed by atoms with van der Waals surface area (Å²) in [7, 11) is 0. The van der Waals surface area contributed by atoms with Crippen molar-refractivity contribution in [1.29, 1.82) is 5.26 Å². The largest absolute Gasteiger partial charge is 0.435 e. The molecule has 0 aliphatic heterocycles. The molecule has 1 fully saturated rings. The minimum Gasteiger partial charge on any atom is -0.318 e. The molecule has 11 heteroatoms. The fourth-order valence-corrected chi connectivity index (χ4v) is 4.84. The lowest BCUT2D eigenvalue weighted by Gasteiger charge is -2.29. The van der Waals surface area contributed by atoms with Gasteiger partial charge in [0, 0.05) is 18.5 Å². The molecule has 1 unspecified atom stereocenters. The molecule has 1 atom stereocenters. The molecule has 6 nitrogen and oxygen atoms in total. The van der Waals surface area contributed by atoms with Gasteiger partial charge in [-0.25, -0.2) is 9.07 Å². The maximum absolute atomic E-state index is 15.0. The smallest absolute Gasteiger partial charge is 0.318 e. The molecule has 1 aliphatic carbocycles. The van der Waals surface area contributed by atoms with Crippen molar-refractivity contribution in [3.63, 3.8) is 0 Å². The molecule has 0 spiro atoms. The summed E-state index contributed by atoms with van der Waals surface area (Å²) >= 11 is 7.19. The van der Waals surface area contributed by atoms with Gasteiger partial charge in [0.05, 0.1) is 27.9 Å². The number of nitrogens with one attached hydrogen (secondary N) is 1. The predicted octanol–water partition coefficient (Wildman–Crippen LogP) is 7.22. The van der Waals surface area contributed by atoms with Crippen molar-refractivity contribution in [3.8, 4) is 11.8 Å². The summed E-state index contributed by atoms with van der Waals surface area (Å²) in [5, 5.41) is 15.1. The van der Waals surface area contributed by atoms with Crippen molar-refractivity contribution in [2.75, 3.05) is 5.32 Å². The SMILES string of the molecule is N#Cc1cccc(-n2nc(C(F)(F)F)cc2C(=O)Nc2cc(C(Cl)(CCC3CC3)c3cccnc3)ccc2F)c1. The highest BCUT2D eigenvalue weighted by atomic mass is 35.5. The van der Waals surface area contributed by atoms with Crippen LogP contribution in [0.15, 0.2) is 73.1 Å². The van der Waals surface area contributed by atoms with E-state index in [4.69, 9.17) is 11.6 Å². The van der Waals surface area contributed by atoms with Gasteiger partial charge in [-0.3, -0.25) is 9.78 Å². The Morgan fingerprint density at radius 3 is 2.58 bits per heavy atom. The topological polar surface area (TPSA) is 83.6 Å². The molecule has 4 aromatic rings. The molecule has 1 aliphatic rings. The molecule has 1 N–H and O–H groups in total. The molecule has 40 heavy (non-hydrogen) atoms. The van der Waals surface area contributed by atoms with Crippen molar-refractivity contribution < 1.29 is 22.4 Å². The molecule has 2 aromatic carbocycles. The average molecular weight is 568 g/mol. The molecular formula is C29H22ClF4N5O. The average Bonchev–Trinajstić information content (AvgIpc) is 3.67. The van der Waals surface area contributed by atoms with E-state index in [2.05, 4.69) is 15.4 Å². The Labute approximate surface area is 232 Å². The molecule has 2 aromatic heterocycles. The zero-order valence-corrected chi connectivity index (χ0v) is 21.7. The summed E-state index contributed by atoms with van der Waals surface area (Å²) in [5.74, 6) is -1.25. The molecular weight excluding hydrogens is 546 g/mol. The fraction of sp³-hybridized carbons (Fsp3) is 0.241. The molecule has 0 bridgehead atoms. The van der Waals surface area contributed by atoms with E-state index in [9.17, 15) is 27.6 Å². The standard InChI is InChI=1S/C29H22ClF4N5O/c30-28(11-10-18-6-7-18,21-4-2-12-36-17-21)20-8-9-23(31)24(14-20)37-27(40)25-15-26(29(32,33)34)38-39(25)22-5-1-3-19(13-22)16-35/h1-5,8-9,12-15,17-18H,6-7,10-11H2,(H,37,40). The van der Waals surface area contributed by atoms with E-state index in [-0.39, 0.29) is 16.9 Å². The van der Waals surface area contributed by atoms with Crippen LogP contribution in [-0.4, -0.2) is 20.7 Å². The molecule has 1 amide bonds. The second-order valence-corrected chi connectivity index (χ2v) is 10.3. The van der Waals surface area contributed by atoms with Crippen LogP contribution in [0.25, 0.3) is 5.69 Å². The van der Waals surface area contributed by atoms with Crippen LogP contribution < -0.4 is 5.32 Å². The van der Waals surface area contributed by atoms with Crippen molar-refractivity contribution in [3.05, 3.63) is 107 Å². The van der Waals surface area contributed by atoms with E-state index < -0.39 is 34.2 Å². The van der Waals surface area contributed by atoms with Crippen molar-refractivity contribution >= 4 is 23.2 Å². The number of aromatic nitrogens is 3. The van der Waals surface area contributed by atoms with E-state index in [1.165, 1.54) is 36.4 Å². The van der Waals surface area contributed by atoms with E-state index in [1.807, 2.05) is 12.1 Å². The number of alkyl halides is 4. The third kappa shape index (κ3) is 5.70. The van der Waals surface area contributed by atoms with E-state index in [0.717, 1.165) is 30.0 Å². The lowest BCUT2D eigenvalue weighted by atomic mass is 9.86. The lowest BCUT2D eigenvalue weighted by Crippen LogP contribution is -2.22. The Bertz CT molecular complexity index is 1590. The maximum Gasteiger partial charge on any atom is 0.435 e. The van der Waals surface area contributed by atoms with Crippen molar-refractivity contribution in [2.45, 2.75) is 36.7 Å². The number of carbonyl (C=O) groups excluding carboxylic acids is 1. The second-order valence-electron chi connectivity index (χ2n) is 9.66. The van der Waals surface area contributed by atoms with Gasteiger partial charge in [-0.05, 0) is 66.3 Å². The number of hydrogen-bond acceptors (Lipinski definition) is 4. The first-order valence-corrected chi connectivity index (χ1v) is 12.8. The van der Waals surface area contributed by atoms with Crippen molar-refractivity contribution in [2.24, 2.45) is 5.92 Å². The summed E-state index contributed by atoms with van der Waals surface area (Å²) in [4.78, 5) is 16.4. The Morgan fingerprint density at radius 2 is 1.90 bits per heavy atom. The van der Waals surface area contributed by atoms with Crippen LogP contribution in [0.1, 0.15) is 58.6 Å². The fourth-order valence-electron chi connectivity index (χ4n) is 4.50. The molecule has 1 saturated carbocycles. The van der Waals surface area contributed by atoms with Crippen molar-refractivity contribution in [1.82, 2.24) is 14.8 Å². The predicted molar refractivity (Wildman–Crippen MR) is 140 cm³/mol. The van der Waals surface area contributed by atoms with Gasteiger partial charge in [0.1, 0.15) is 11.5 Å². The summed E-state index contributed by atoms with van der Waals surface area (Å²) < 4.78 is 56.4. The summed E-state index contributed by atoms with van der Waals surface area (Å²) in [5.41, 5.74) is -0.639. The molecule has 204 valence electrons. The Kier molecular flexibility index (Phi) is 7.34. The van der Waals surface area contributed by atoms with Gasteiger partial charge in [-0.15, -0.1) is 11.6 Å². The monoisotopic (exact) mass is 567 g/mol. The van der Waals surface area contributed by atoms with Crippen LogP contribution in [0.5, 0.6) is 0 Å². The number of carbonyl (C=O) groups is 1. The maximum atomic E-state index is 15.0. The van der Waals surface area contributed by atoms with Gasteiger partial charge in [0.15, 0.2) is 5.69 Å². The number of rotatable bonds is 8. The summed E-state index contributed by atoms with van der Waals surface area (Å²) in [6.45, 7) is 0. The van der Waals surface area contributed by atoms with Gasteiger partial charge >= 0.3 is 6.18 Å². The van der Waals surface area contributed by atoms with Gasteiger partial charge in [-0.2, -0.15) is 23.5 Å². The van der Waals surface area contributed by atoms with Crippen LogP contribution in [0.4, 0.5) is 23.2 Å². The first kappa shape index (κ1) is 27.3. The first-order chi connectivity index (χ1) is 19.1. The van der Waals surface area contributed by atoms with Crippen LogP contribution >= 0.6 is 11.6 Å². The van der Waals surface area contributed by atoms with E-state index in [0.29, 0.717) is 29.5 Å². The van der Waals surface area contributed by atoms with Gasteiger partial charge in [-0.1, -0.05) is 31.0 Å². The highest BCUT2D eigenvalue weighted by molar-refractivity contribution is 6.26. The van der Waals surface area contributed by atoms with Crippen LogP contribution in [0.2, 0.25) is 0 Å². The highest BCUT2D eigenvalue weighted by Gasteiger charge is 2.37.